The van der Waals surface area contributed by atoms with Crippen molar-refractivity contribution in [2.45, 2.75) is 37.0 Å². The van der Waals surface area contributed by atoms with E-state index < -0.39 is 8.07 Å². The normalized spacial score (nSPS) is 22.2. The van der Waals surface area contributed by atoms with Crippen molar-refractivity contribution in [1.82, 2.24) is 0 Å². The van der Waals surface area contributed by atoms with Crippen LogP contribution < -0.4 is 0 Å². The zero-order chi connectivity index (χ0) is 13.3. The Morgan fingerprint density at radius 3 is 2.11 bits per heavy atom. The molecule has 0 unspecified atom stereocenters. The summed E-state index contributed by atoms with van der Waals surface area (Å²) in [6.45, 7) is 5.13. The fourth-order valence-corrected chi connectivity index (χ4v) is 7.10. The third-order valence-electron chi connectivity index (χ3n) is 4.52. The van der Waals surface area contributed by atoms with Crippen molar-refractivity contribution < 1.29 is 0 Å². The fraction of sp³-hybridized carbons (Fsp3) is 0.333. The molecule has 0 aliphatic heterocycles. The van der Waals surface area contributed by atoms with Crippen LogP contribution >= 0.6 is 0 Å². The van der Waals surface area contributed by atoms with Gasteiger partial charge in [-0.25, -0.2) is 0 Å². The van der Waals surface area contributed by atoms with Gasteiger partial charge in [0.25, 0.3) is 0 Å². The largest absolute Gasteiger partial charge is 0.0689 e. The summed E-state index contributed by atoms with van der Waals surface area (Å²) >= 11 is 0. The van der Waals surface area contributed by atoms with Gasteiger partial charge in [0.1, 0.15) is 0 Å². The number of rotatable bonds is 4. The van der Waals surface area contributed by atoms with Crippen LogP contribution in [0.5, 0.6) is 0 Å². The van der Waals surface area contributed by atoms with E-state index in [0.29, 0.717) is 0 Å². The van der Waals surface area contributed by atoms with E-state index in [-0.39, 0.29) is 0 Å². The molecule has 0 radical (unpaired) electrons. The Balaban J connectivity index is 1.70. The lowest BCUT2D eigenvalue weighted by atomic mass is 10.1. The smallest absolute Gasteiger partial charge is 0.0554 e. The maximum absolute atomic E-state index is 2.56. The molecule has 0 nitrogen and oxygen atoms in total. The van der Waals surface area contributed by atoms with E-state index >= 15 is 0 Å². The van der Waals surface area contributed by atoms with Gasteiger partial charge in [0.05, 0.1) is 8.07 Å². The van der Waals surface area contributed by atoms with E-state index in [1.165, 1.54) is 18.0 Å². The standard InChI is InChI=1S/C18H22Si/c1-19(2,14-15-9-5-3-6-10-15)18-13-17(18)16-11-7-4-8-12-16/h3-12,17-18H,13-14H2,1-2H3/t17-,18+/m1/s1. The summed E-state index contributed by atoms with van der Waals surface area (Å²) in [6.07, 6.45) is 1.41. The van der Waals surface area contributed by atoms with Crippen LogP contribution in [-0.2, 0) is 6.04 Å². The lowest BCUT2D eigenvalue weighted by molar-refractivity contribution is 1.09. The van der Waals surface area contributed by atoms with Crippen molar-refractivity contribution >= 4 is 8.07 Å². The van der Waals surface area contributed by atoms with Gasteiger partial charge in [-0.05, 0) is 29.5 Å². The van der Waals surface area contributed by atoms with E-state index in [0.717, 1.165) is 11.5 Å². The summed E-state index contributed by atoms with van der Waals surface area (Å²) in [5.41, 5.74) is 4.05. The molecular weight excluding hydrogens is 244 g/mol. The topological polar surface area (TPSA) is 0 Å². The second-order valence-corrected chi connectivity index (χ2v) is 11.6. The van der Waals surface area contributed by atoms with Crippen LogP contribution in [0.15, 0.2) is 60.7 Å². The molecule has 2 aromatic rings. The second kappa shape index (κ2) is 4.97. The summed E-state index contributed by atoms with van der Waals surface area (Å²) in [7, 11) is -1.16. The molecule has 1 fully saturated rings. The summed E-state index contributed by atoms with van der Waals surface area (Å²) in [4.78, 5) is 0. The average molecular weight is 266 g/mol. The molecule has 2 aromatic carbocycles. The van der Waals surface area contributed by atoms with Gasteiger partial charge >= 0.3 is 0 Å². The third kappa shape index (κ3) is 2.81. The van der Waals surface area contributed by atoms with Crippen molar-refractivity contribution in [1.29, 1.82) is 0 Å². The van der Waals surface area contributed by atoms with Gasteiger partial charge in [0.15, 0.2) is 0 Å². The fourth-order valence-electron chi connectivity index (χ4n) is 3.38. The Morgan fingerprint density at radius 2 is 1.47 bits per heavy atom. The first kappa shape index (κ1) is 12.7. The monoisotopic (exact) mass is 266 g/mol. The highest BCUT2D eigenvalue weighted by Crippen LogP contribution is 2.58. The highest BCUT2D eigenvalue weighted by Gasteiger charge is 2.48. The molecule has 1 saturated carbocycles. The van der Waals surface area contributed by atoms with Gasteiger partial charge in [-0.2, -0.15) is 0 Å². The quantitative estimate of drug-likeness (QED) is 0.681. The molecule has 0 heterocycles. The van der Waals surface area contributed by atoms with Crippen molar-refractivity contribution in [3.63, 3.8) is 0 Å². The summed E-state index contributed by atoms with van der Waals surface area (Å²) in [6, 6.07) is 23.4. The highest BCUT2D eigenvalue weighted by atomic mass is 28.3. The second-order valence-electron chi connectivity index (χ2n) is 6.51. The first-order valence-electron chi connectivity index (χ1n) is 7.26. The zero-order valence-corrected chi connectivity index (χ0v) is 12.8. The van der Waals surface area contributed by atoms with Crippen molar-refractivity contribution in [3.05, 3.63) is 71.8 Å². The van der Waals surface area contributed by atoms with E-state index in [4.69, 9.17) is 0 Å². The van der Waals surface area contributed by atoms with Gasteiger partial charge in [0.2, 0.25) is 0 Å². The maximum Gasteiger partial charge on any atom is 0.0554 e. The van der Waals surface area contributed by atoms with Crippen molar-refractivity contribution in [3.8, 4) is 0 Å². The van der Waals surface area contributed by atoms with E-state index in [2.05, 4.69) is 73.8 Å². The van der Waals surface area contributed by atoms with Gasteiger partial charge in [-0.3, -0.25) is 0 Å². The van der Waals surface area contributed by atoms with Gasteiger partial charge in [0, 0.05) is 0 Å². The Bertz CT molecular complexity index is 530. The van der Waals surface area contributed by atoms with Crippen LogP contribution in [0.1, 0.15) is 23.5 Å². The summed E-state index contributed by atoms with van der Waals surface area (Å²) in [5, 5.41) is 0. The predicted octanol–water partition coefficient (Wildman–Crippen LogP) is 5.03. The summed E-state index contributed by atoms with van der Waals surface area (Å²) < 4.78 is 0. The number of hydrogen-bond acceptors (Lipinski definition) is 0. The van der Waals surface area contributed by atoms with Crippen LogP contribution in [0, 0.1) is 0 Å². The Morgan fingerprint density at radius 1 is 0.895 bits per heavy atom. The van der Waals surface area contributed by atoms with Crippen molar-refractivity contribution in [2.24, 2.45) is 0 Å². The van der Waals surface area contributed by atoms with Crippen LogP contribution in [0.3, 0.4) is 0 Å². The maximum atomic E-state index is 2.56. The highest BCUT2D eigenvalue weighted by molar-refractivity contribution is 6.79. The molecule has 98 valence electrons. The first-order chi connectivity index (χ1) is 9.17. The number of hydrogen-bond donors (Lipinski definition) is 0. The lowest BCUT2D eigenvalue weighted by Crippen LogP contribution is -2.30. The molecule has 3 rings (SSSR count). The molecule has 0 amide bonds. The van der Waals surface area contributed by atoms with Gasteiger partial charge in [-0.15, -0.1) is 0 Å². The molecule has 1 aliphatic carbocycles. The number of benzene rings is 2. The van der Waals surface area contributed by atoms with E-state index in [9.17, 15) is 0 Å². The van der Waals surface area contributed by atoms with Crippen LogP contribution in [0.4, 0.5) is 0 Å². The van der Waals surface area contributed by atoms with E-state index in [1.54, 1.807) is 5.56 Å². The minimum Gasteiger partial charge on any atom is -0.0689 e. The van der Waals surface area contributed by atoms with E-state index in [1.807, 2.05) is 0 Å². The molecule has 0 saturated heterocycles. The minimum atomic E-state index is -1.16. The SMILES string of the molecule is C[Si](C)(Cc1ccccc1)[C@H]1C[C@@H]1c1ccccc1. The molecule has 1 aliphatic rings. The van der Waals surface area contributed by atoms with Crippen LogP contribution in [0.2, 0.25) is 18.6 Å². The molecule has 0 N–H and O–H groups in total. The van der Waals surface area contributed by atoms with Gasteiger partial charge < -0.3 is 0 Å². The molecule has 0 bridgehead atoms. The predicted molar refractivity (Wildman–Crippen MR) is 85.2 cm³/mol. The lowest BCUT2D eigenvalue weighted by Gasteiger charge is -2.23. The average Bonchev–Trinajstić information content (AvgIpc) is 3.21. The third-order valence-corrected chi connectivity index (χ3v) is 8.49. The minimum absolute atomic E-state index is 0.839. The molecule has 0 aromatic heterocycles. The summed E-state index contributed by atoms with van der Waals surface area (Å²) in [5.74, 6) is 0.839. The molecule has 19 heavy (non-hydrogen) atoms. The molecule has 1 heteroatoms. The molecule has 2 atom stereocenters. The van der Waals surface area contributed by atoms with Crippen molar-refractivity contribution in [2.75, 3.05) is 0 Å². The molecular formula is C18H22Si. The van der Waals surface area contributed by atoms with Gasteiger partial charge in [-0.1, -0.05) is 79.3 Å². The first-order valence-corrected chi connectivity index (χ1v) is 10.5. The van der Waals surface area contributed by atoms with Crippen LogP contribution in [-0.4, -0.2) is 8.07 Å². The Labute approximate surface area is 117 Å². The Kier molecular flexibility index (Phi) is 3.32. The Hall–Kier alpha value is -1.34. The van der Waals surface area contributed by atoms with Crippen LogP contribution in [0.25, 0.3) is 0 Å². The molecule has 0 spiro atoms. The zero-order valence-electron chi connectivity index (χ0n) is 11.8.